The number of unbranched alkanes of at least 4 members (excludes halogenated alkanes) is 29. The van der Waals surface area contributed by atoms with Crippen LogP contribution in [0.1, 0.15) is 226 Å². The molecule has 15 nitrogen and oxygen atoms in total. The zero-order valence-electron chi connectivity index (χ0n) is 41.9. The van der Waals surface area contributed by atoms with Gasteiger partial charge in [-0.05, 0) is 12.8 Å². The first kappa shape index (κ1) is 61.6. The number of hydrogen-bond donors (Lipinski definition) is 7. The first-order valence-electron chi connectivity index (χ1n) is 27.1. The summed E-state index contributed by atoms with van der Waals surface area (Å²) in [4.78, 5) is 25.8. The van der Waals surface area contributed by atoms with Gasteiger partial charge in [-0.15, -0.1) is 0 Å². The Morgan fingerprint density at radius 2 is 0.761 bits per heavy atom. The molecule has 0 aromatic carbocycles. The molecule has 0 spiro atoms. The molecule has 0 aromatic rings. The highest BCUT2D eigenvalue weighted by atomic mass is 16.7. The predicted octanol–water partition coefficient (Wildman–Crippen LogP) is 8.00. The Morgan fingerprint density at radius 3 is 1.16 bits per heavy atom. The molecule has 0 aliphatic carbocycles. The molecule has 2 heterocycles. The molecule has 11 atom stereocenters. The van der Waals surface area contributed by atoms with E-state index >= 15 is 0 Å². The lowest BCUT2D eigenvalue weighted by atomic mass is 9.98. The van der Waals surface area contributed by atoms with Gasteiger partial charge >= 0.3 is 11.9 Å². The lowest BCUT2D eigenvalue weighted by Gasteiger charge is -2.42. The summed E-state index contributed by atoms with van der Waals surface area (Å²) in [5.41, 5.74) is 0. The minimum absolute atomic E-state index is 0.174. The molecule has 7 N–H and O–H groups in total. The second kappa shape index (κ2) is 40.1. The molecular weight excluding hydrogens is 865 g/mol. The van der Waals surface area contributed by atoms with E-state index in [1.54, 1.807) is 0 Å². The van der Waals surface area contributed by atoms with Gasteiger partial charge in [0.05, 0.1) is 19.8 Å². The van der Waals surface area contributed by atoms with Gasteiger partial charge in [0.1, 0.15) is 55.4 Å². The van der Waals surface area contributed by atoms with Gasteiger partial charge in [-0.2, -0.15) is 0 Å². The van der Waals surface area contributed by atoms with Crippen molar-refractivity contribution < 1.29 is 73.8 Å². The third kappa shape index (κ3) is 28.2. The van der Waals surface area contributed by atoms with Crippen molar-refractivity contribution in [1.82, 2.24) is 0 Å². The van der Waals surface area contributed by atoms with Gasteiger partial charge in [-0.25, -0.2) is 0 Å². The van der Waals surface area contributed by atoms with E-state index in [0.29, 0.717) is 12.8 Å². The van der Waals surface area contributed by atoms with Gasteiger partial charge in [0.2, 0.25) is 0 Å². The lowest BCUT2D eigenvalue weighted by Crippen LogP contribution is -2.61. The molecule has 0 bridgehead atoms. The second-order valence-corrected chi connectivity index (χ2v) is 19.4. The van der Waals surface area contributed by atoms with Crippen LogP contribution in [0.2, 0.25) is 0 Å². The fourth-order valence-corrected chi connectivity index (χ4v) is 8.87. The van der Waals surface area contributed by atoms with Gasteiger partial charge in [0.25, 0.3) is 0 Å². The topological polar surface area (TPSA) is 231 Å². The second-order valence-electron chi connectivity index (χ2n) is 19.4. The SMILES string of the molecule is CCCCCCCCCCCCCCCCCCCCC(=O)O[C@H](COC(=O)CCCCCCCCCCCCCCC)CO[C@H]1O[C@@H](CO[C@H]2O[C@@H](CO)[C@@H](O)C(O)C2O)[C@@H](O)C(O)C1O. The lowest BCUT2D eigenvalue weighted by molar-refractivity contribution is -0.332. The Kier molecular flexibility index (Phi) is 36.9. The average molecular weight is 963 g/mol. The highest BCUT2D eigenvalue weighted by Gasteiger charge is 2.47. The number of esters is 2. The van der Waals surface area contributed by atoms with Crippen LogP contribution in [0.4, 0.5) is 0 Å². The summed E-state index contributed by atoms with van der Waals surface area (Å²) in [7, 11) is 0. The molecule has 396 valence electrons. The van der Waals surface area contributed by atoms with Crippen LogP contribution in [0.15, 0.2) is 0 Å². The normalized spacial score (nSPS) is 25.9. The van der Waals surface area contributed by atoms with Crippen molar-refractivity contribution in [1.29, 1.82) is 0 Å². The molecule has 0 saturated carbocycles. The van der Waals surface area contributed by atoms with Crippen LogP contribution in [0, 0.1) is 0 Å². The van der Waals surface area contributed by atoms with E-state index in [2.05, 4.69) is 13.8 Å². The first-order chi connectivity index (χ1) is 32.5. The maximum atomic E-state index is 13.0. The highest BCUT2D eigenvalue weighted by molar-refractivity contribution is 5.70. The summed E-state index contributed by atoms with van der Waals surface area (Å²) in [5.74, 6) is -0.908. The maximum Gasteiger partial charge on any atom is 0.306 e. The number of rotatable bonds is 43. The fourth-order valence-electron chi connectivity index (χ4n) is 8.87. The number of aliphatic hydroxyl groups excluding tert-OH is 7. The highest BCUT2D eigenvalue weighted by Crippen LogP contribution is 2.27. The number of hydrogen-bond acceptors (Lipinski definition) is 15. The van der Waals surface area contributed by atoms with E-state index in [1.165, 1.54) is 148 Å². The molecule has 0 radical (unpaired) electrons. The van der Waals surface area contributed by atoms with Gasteiger partial charge in [0.15, 0.2) is 18.7 Å². The molecule has 0 aromatic heterocycles. The number of carbonyl (C=O) groups is 2. The average Bonchev–Trinajstić information content (AvgIpc) is 3.32. The summed E-state index contributed by atoms with van der Waals surface area (Å²) in [5, 5.41) is 72.1. The maximum absolute atomic E-state index is 13.0. The van der Waals surface area contributed by atoms with Crippen molar-refractivity contribution in [3.63, 3.8) is 0 Å². The minimum Gasteiger partial charge on any atom is -0.462 e. The minimum atomic E-state index is -1.76. The van der Waals surface area contributed by atoms with Crippen LogP contribution >= 0.6 is 0 Å². The Bertz CT molecular complexity index is 1180. The van der Waals surface area contributed by atoms with E-state index in [1.807, 2.05) is 0 Å². The van der Waals surface area contributed by atoms with E-state index < -0.39 is 92.7 Å². The van der Waals surface area contributed by atoms with E-state index in [4.69, 9.17) is 28.4 Å². The molecule has 2 aliphatic rings. The van der Waals surface area contributed by atoms with Crippen molar-refractivity contribution in [2.24, 2.45) is 0 Å². The molecule has 4 unspecified atom stereocenters. The summed E-state index contributed by atoms with van der Waals surface area (Å²) < 4.78 is 33.6. The van der Waals surface area contributed by atoms with Crippen LogP contribution < -0.4 is 0 Å². The Hall–Kier alpha value is -1.50. The quantitative estimate of drug-likeness (QED) is 0.0227. The summed E-state index contributed by atoms with van der Waals surface area (Å²) in [6.07, 6.45) is 21.3. The molecule has 0 amide bonds. The molecular formula is C52H98O15. The Morgan fingerprint density at radius 1 is 0.418 bits per heavy atom. The third-order valence-corrected chi connectivity index (χ3v) is 13.3. The zero-order valence-corrected chi connectivity index (χ0v) is 41.9. The third-order valence-electron chi connectivity index (χ3n) is 13.3. The fraction of sp³-hybridized carbons (Fsp3) is 0.962. The van der Waals surface area contributed by atoms with Crippen LogP contribution in [0.3, 0.4) is 0 Å². The van der Waals surface area contributed by atoms with Crippen molar-refractivity contribution in [3.8, 4) is 0 Å². The van der Waals surface area contributed by atoms with Gasteiger partial charge in [0, 0.05) is 12.8 Å². The zero-order chi connectivity index (χ0) is 48.9. The number of carbonyl (C=O) groups excluding carboxylic acids is 2. The van der Waals surface area contributed by atoms with Crippen LogP contribution in [0.25, 0.3) is 0 Å². The molecule has 15 heteroatoms. The van der Waals surface area contributed by atoms with Gasteiger partial charge < -0.3 is 64.2 Å². The largest absolute Gasteiger partial charge is 0.462 e. The van der Waals surface area contributed by atoms with Crippen LogP contribution in [0.5, 0.6) is 0 Å². The number of aliphatic hydroxyl groups is 7. The first-order valence-corrected chi connectivity index (χ1v) is 27.1. The van der Waals surface area contributed by atoms with E-state index in [-0.39, 0.29) is 26.1 Å². The van der Waals surface area contributed by atoms with Crippen molar-refractivity contribution in [2.45, 2.75) is 293 Å². The van der Waals surface area contributed by atoms with E-state index in [9.17, 15) is 45.3 Å². The van der Waals surface area contributed by atoms with Crippen LogP contribution in [-0.4, -0.2) is 142 Å². The monoisotopic (exact) mass is 963 g/mol. The molecule has 67 heavy (non-hydrogen) atoms. The molecule has 2 fully saturated rings. The van der Waals surface area contributed by atoms with Gasteiger partial charge in [-0.3, -0.25) is 9.59 Å². The van der Waals surface area contributed by atoms with Crippen molar-refractivity contribution >= 4 is 11.9 Å². The molecule has 2 aliphatic heterocycles. The van der Waals surface area contributed by atoms with Gasteiger partial charge in [-0.1, -0.05) is 200 Å². The number of ether oxygens (including phenoxy) is 6. The van der Waals surface area contributed by atoms with Crippen LogP contribution in [-0.2, 0) is 38.0 Å². The molecule has 2 saturated heterocycles. The molecule has 2 rings (SSSR count). The Balaban J connectivity index is 1.77. The standard InChI is InChI=1S/C52H98O15/c1-3-5-7-9-11-13-15-17-18-19-20-21-23-25-27-29-31-33-35-44(55)65-40(37-62-43(54)34-32-30-28-26-24-22-16-14-12-10-8-6-4-2)38-63-51-50(61)48(59)46(57)42(67-51)39-64-52-49(60)47(58)45(56)41(36-53)66-52/h40-42,45-53,56-61H,3-39H2,1-2H3/t40-,41+,42+,45-,46-,47?,48?,49?,50?,51+,52+/m1/s1. The van der Waals surface area contributed by atoms with Crippen molar-refractivity contribution in [2.75, 3.05) is 26.4 Å². The van der Waals surface area contributed by atoms with Crippen molar-refractivity contribution in [3.05, 3.63) is 0 Å². The Labute approximate surface area is 404 Å². The summed E-state index contributed by atoms with van der Waals surface area (Å²) in [6, 6.07) is 0. The summed E-state index contributed by atoms with van der Waals surface area (Å²) in [6.45, 7) is 2.63. The van der Waals surface area contributed by atoms with E-state index in [0.717, 1.165) is 38.5 Å². The summed E-state index contributed by atoms with van der Waals surface area (Å²) >= 11 is 0. The predicted molar refractivity (Wildman–Crippen MR) is 257 cm³/mol. The smallest absolute Gasteiger partial charge is 0.306 e.